The molecule has 2 aliphatic rings. The van der Waals surface area contributed by atoms with Crippen molar-refractivity contribution in [3.8, 4) is 0 Å². The van der Waals surface area contributed by atoms with Crippen molar-refractivity contribution in [2.24, 2.45) is 5.73 Å². The van der Waals surface area contributed by atoms with Crippen molar-refractivity contribution in [2.45, 2.75) is 24.6 Å². The van der Waals surface area contributed by atoms with Gasteiger partial charge in [0.15, 0.2) is 18.9 Å². The van der Waals surface area contributed by atoms with Gasteiger partial charge in [-0.3, -0.25) is 9.69 Å². The maximum Gasteiger partial charge on any atom is 0.248 e. The van der Waals surface area contributed by atoms with Gasteiger partial charge in [0, 0.05) is 17.0 Å². The summed E-state index contributed by atoms with van der Waals surface area (Å²) in [5.74, 6) is -1.26. The number of nitrogens with two attached hydrogens (primary N) is 1. The molecule has 1 fully saturated rings. The third kappa shape index (κ3) is 2.43. The smallest absolute Gasteiger partial charge is 0.248 e. The molecule has 2 aromatic heterocycles. The third-order valence-corrected chi connectivity index (χ3v) is 5.92. The number of fused-ring (bicyclic) bond motifs is 2. The standard InChI is InChI=1S/C16H16N4O4S/c17-12-14(22)20-13(16(23)24)9(8-25-15(12)20)5-18-3-4-19-10(6-18)1-2-11(19)7-21/h1-4,6,12,15,21H,5,7-8,17H2/t12?,15-/m1/s1. The van der Waals surface area contributed by atoms with Crippen molar-refractivity contribution in [2.75, 3.05) is 5.75 Å². The number of carbonyl (C=O) groups excluding carboxylic acids is 2. The van der Waals surface area contributed by atoms with Crippen LogP contribution in [0.1, 0.15) is 5.69 Å². The van der Waals surface area contributed by atoms with E-state index >= 15 is 0 Å². The van der Waals surface area contributed by atoms with Crippen molar-refractivity contribution in [1.29, 1.82) is 0 Å². The maximum absolute atomic E-state index is 11.9. The number of hydrogen-bond donors (Lipinski definition) is 2. The van der Waals surface area contributed by atoms with Crippen LogP contribution in [0.25, 0.3) is 5.52 Å². The summed E-state index contributed by atoms with van der Waals surface area (Å²) in [5.41, 5.74) is 7.94. The number of aliphatic hydroxyl groups is 1. The van der Waals surface area contributed by atoms with Crippen LogP contribution in [0.4, 0.5) is 0 Å². The molecule has 0 saturated carbocycles. The van der Waals surface area contributed by atoms with Crippen LogP contribution in [-0.4, -0.2) is 43.5 Å². The molecule has 25 heavy (non-hydrogen) atoms. The predicted molar refractivity (Wildman–Crippen MR) is 86.6 cm³/mol. The van der Waals surface area contributed by atoms with E-state index in [0.717, 1.165) is 11.2 Å². The molecule has 2 aliphatic heterocycles. The second kappa shape index (κ2) is 5.87. The maximum atomic E-state index is 11.9. The zero-order valence-corrected chi connectivity index (χ0v) is 14.0. The summed E-state index contributed by atoms with van der Waals surface area (Å²) < 4.78 is 3.70. The average molecular weight is 360 g/mol. The summed E-state index contributed by atoms with van der Waals surface area (Å²) >= 11 is 1.46. The number of aliphatic carboxylic acids is 1. The molecule has 9 heteroatoms. The van der Waals surface area contributed by atoms with Gasteiger partial charge in [-0.2, -0.15) is 4.57 Å². The number of carbonyl (C=O) groups is 2. The van der Waals surface area contributed by atoms with E-state index in [9.17, 15) is 19.8 Å². The zero-order chi connectivity index (χ0) is 17.7. The number of carboxylic acids is 1. The molecule has 4 heterocycles. The fourth-order valence-corrected chi connectivity index (χ4v) is 4.58. The zero-order valence-electron chi connectivity index (χ0n) is 13.2. The second-order valence-electron chi connectivity index (χ2n) is 6.05. The Bertz CT molecular complexity index is 922. The monoisotopic (exact) mass is 360 g/mol. The molecule has 1 amide bonds. The summed E-state index contributed by atoms with van der Waals surface area (Å²) in [4.78, 5) is 24.8. The molecule has 2 atom stereocenters. The predicted octanol–water partition coefficient (Wildman–Crippen LogP) is -2.03. The highest BCUT2D eigenvalue weighted by molar-refractivity contribution is 8.00. The lowest BCUT2D eigenvalue weighted by molar-refractivity contribution is -0.688. The fourth-order valence-electron chi connectivity index (χ4n) is 3.30. The number of carboxylic acid groups (broad SMARTS) is 1. The summed E-state index contributed by atoms with van der Waals surface area (Å²) in [6, 6.07) is 3.05. The Balaban J connectivity index is 1.68. The van der Waals surface area contributed by atoms with Crippen LogP contribution >= 0.6 is 11.8 Å². The molecule has 0 spiro atoms. The Labute approximate surface area is 147 Å². The number of hydrogen-bond acceptors (Lipinski definition) is 6. The third-order valence-electron chi connectivity index (χ3n) is 4.56. The van der Waals surface area contributed by atoms with E-state index in [2.05, 4.69) is 0 Å². The molecular formula is C16H16N4O4S. The Morgan fingerprint density at radius 3 is 3.00 bits per heavy atom. The van der Waals surface area contributed by atoms with Gasteiger partial charge in [-0.15, -0.1) is 11.8 Å². The van der Waals surface area contributed by atoms with Gasteiger partial charge in [-0.05, 0) is 12.1 Å². The van der Waals surface area contributed by atoms with Crippen LogP contribution in [0.2, 0.25) is 0 Å². The lowest BCUT2D eigenvalue weighted by Crippen LogP contribution is -2.69. The van der Waals surface area contributed by atoms with Crippen LogP contribution in [-0.2, 0) is 22.7 Å². The number of rotatable bonds is 4. The van der Waals surface area contributed by atoms with Crippen LogP contribution in [0, 0.1) is 0 Å². The number of aromatic nitrogens is 2. The van der Waals surface area contributed by atoms with Crippen LogP contribution < -0.4 is 15.4 Å². The van der Waals surface area contributed by atoms with Crippen LogP contribution in [0.15, 0.2) is 42.0 Å². The largest absolute Gasteiger partial charge is 0.543 e. The molecule has 3 N–H and O–H groups in total. The van der Waals surface area contributed by atoms with Gasteiger partial charge in [0.1, 0.15) is 16.9 Å². The number of thioether (sulfide) groups is 1. The molecular weight excluding hydrogens is 344 g/mol. The van der Waals surface area contributed by atoms with Gasteiger partial charge in [-0.25, -0.2) is 0 Å². The van der Waals surface area contributed by atoms with Gasteiger partial charge >= 0.3 is 0 Å². The minimum atomic E-state index is -1.35. The molecule has 130 valence electrons. The van der Waals surface area contributed by atoms with Gasteiger partial charge in [0.25, 0.3) is 0 Å². The van der Waals surface area contributed by atoms with E-state index in [-0.39, 0.29) is 23.6 Å². The molecule has 1 unspecified atom stereocenters. The molecule has 1 saturated heterocycles. The molecule has 0 aromatic carbocycles. The Morgan fingerprint density at radius 1 is 1.48 bits per heavy atom. The number of amides is 1. The molecule has 8 nitrogen and oxygen atoms in total. The first-order chi connectivity index (χ1) is 12.0. The normalized spacial score (nSPS) is 23.0. The SMILES string of the molecule is NC1C(=O)N2C(C(=O)[O-])=C(C[n+]3ccn4c(CO)ccc4c3)CS[C@H]12. The van der Waals surface area contributed by atoms with Gasteiger partial charge in [0.05, 0.1) is 24.5 Å². The van der Waals surface area contributed by atoms with Gasteiger partial charge < -0.3 is 25.1 Å². The highest BCUT2D eigenvalue weighted by Crippen LogP contribution is 2.39. The molecule has 0 bridgehead atoms. The average Bonchev–Trinajstić information content (AvgIpc) is 3.02. The van der Waals surface area contributed by atoms with Crippen molar-refractivity contribution in [3.63, 3.8) is 0 Å². The van der Waals surface area contributed by atoms with Crippen molar-refractivity contribution in [1.82, 2.24) is 9.30 Å². The van der Waals surface area contributed by atoms with Crippen molar-refractivity contribution >= 4 is 29.2 Å². The molecule has 0 radical (unpaired) electrons. The van der Waals surface area contributed by atoms with Crippen LogP contribution in [0.5, 0.6) is 0 Å². The number of β-lactam (4-membered cyclic amide) rings is 1. The van der Waals surface area contributed by atoms with Gasteiger partial charge in [-0.1, -0.05) is 0 Å². The second-order valence-corrected chi connectivity index (χ2v) is 7.16. The molecule has 4 rings (SSSR count). The summed E-state index contributed by atoms with van der Waals surface area (Å²) in [7, 11) is 0. The topological polar surface area (TPSA) is 115 Å². The Hall–Kier alpha value is -2.36. The fraction of sp³-hybridized carbons (Fsp3) is 0.312. The first-order valence-corrected chi connectivity index (χ1v) is 8.79. The minimum absolute atomic E-state index is 0.0609. The van der Waals surface area contributed by atoms with E-state index in [4.69, 9.17) is 5.73 Å². The minimum Gasteiger partial charge on any atom is -0.543 e. The Morgan fingerprint density at radius 2 is 2.28 bits per heavy atom. The van der Waals surface area contributed by atoms with E-state index in [1.54, 1.807) is 6.20 Å². The highest BCUT2D eigenvalue weighted by atomic mass is 32.2. The lowest BCUT2D eigenvalue weighted by atomic mass is 10.0. The van der Waals surface area contributed by atoms with Gasteiger partial charge in [0.2, 0.25) is 5.91 Å². The van der Waals surface area contributed by atoms with E-state index in [1.165, 1.54) is 16.7 Å². The summed E-state index contributed by atoms with van der Waals surface area (Å²) in [5, 5.41) is 20.6. The van der Waals surface area contributed by atoms with E-state index in [1.807, 2.05) is 33.5 Å². The lowest BCUT2D eigenvalue weighted by Gasteiger charge is -2.49. The van der Waals surface area contributed by atoms with E-state index in [0.29, 0.717) is 17.9 Å². The van der Waals surface area contributed by atoms with Crippen LogP contribution in [0.3, 0.4) is 0 Å². The number of aliphatic hydroxyl groups excluding tert-OH is 1. The first kappa shape index (κ1) is 16.1. The highest BCUT2D eigenvalue weighted by Gasteiger charge is 2.50. The van der Waals surface area contributed by atoms with Crippen molar-refractivity contribution < 1.29 is 24.4 Å². The summed E-state index contributed by atoms with van der Waals surface area (Å²) in [6.45, 7) is 0.270. The molecule has 0 aliphatic carbocycles. The van der Waals surface area contributed by atoms with E-state index < -0.39 is 12.0 Å². The van der Waals surface area contributed by atoms with Crippen molar-refractivity contribution in [3.05, 3.63) is 47.7 Å². The first-order valence-electron chi connectivity index (χ1n) is 7.75. The quantitative estimate of drug-likeness (QED) is 0.480. The Kier molecular flexibility index (Phi) is 3.78. The number of nitrogens with zero attached hydrogens (tertiary/aromatic N) is 3. The summed E-state index contributed by atoms with van der Waals surface area (Å²) in [6.07, 6.45) is 5.47. The molecule has 2 aromatic rings.